The number of rotatable bonds is 7. The molecule has 0 radical (unpaired) electrons. The van der Waals surface area contributed by atoms with Crippen molar-refractivity contribution in [3.05, 3.63) is 48.5 Å². The van der Waals surface area contributed by atoms with Crippen LogP contribution in [0.25, 0.3) is 0 Å². The van der Waals surface area contributed by atoms with Gasteiger partial charge in [-0.15, -0.1) is 0 Å². The summed E-state index contributed by atoms with van der Waals surface area (Å²) in [6.07, 6.45) is 6.29. The molecule has 1 atom stereocenters. The van der Waals surface area contributed by atoms with Crippen LogP contribution in [0.4, 0.5) is 10.5 Å². The van der Waals surface area contributed by atoms with Gasteiger partial charge in [0.15, 0.2) is 0 Å². The summed E-state index contributed by atoms with van der Waals surface area (Å²) >= 11 is 0. The van der Waals surface area contributed by atoms with Crippen LogP contribution in [0.5, 0.6) is 0 Å². The topological polar surface area (TPSA) is 79.3 Å². The molecule has 0 aliphatic rings. The smallest absolute Gasteiger partial charge is 0.319 e. The van der Waals surface area contributed by atoms with Gasteiger partial charge in [-0.05, 0) is 25.0 Å². The summed E-state index contributed by atoms with van der Waals surface area (Å²) in [7, 11) is 3.47. The van der Waals surface area contributed by atoms with E-state index in [2.05, 4.69) is 15.6 Å². The highest BCUT2D eigenvalue weighted by molar-refractivity contribution is 5.90. The molecule has 134 valence electrons. The minimum absolute atomic E-state index is 0.0633. The van der Waals surface area contributed by atoms with E-state index in [1.807, 2.05) is 42.0 Å². The molecule has 0 bridgehead atoms. The number of nitrogens with one attached hydrogen (secondary N) is 2. The SMILES string of the molecule is C[C@@H](CNC(=O)Nc1ccccc1CCC(=O)N(C)C)n1ccnc1. The average Bonchev–Trinajstić information content (AvgIpc) is 3.13. The van der Waals surface area contributed by atoms with Crippen LogP contribution in [0.1, 0.15) is 24.9 Å². The van der Waals surface area contributed by atoms with Crippen molar-refractivity contribution in [1.82, 2.24) is 19.8 Å². The number of anilines is 1. The van der Waals surface area contributed by atoms with Crippen molar-refractivity contribution in [2.24, 2.45) is 0 Å². The van der Waals surface area contributed by atoms with Gasteiger partial charge in [0.25, 0.3) is 0 Å². The van der Waals surface area contributed by atoms with Gasteiger partial charge in [0.05, 0.1) is 6.33 Å². The monoisotopic (exact) mass is 343 g/mol. The Labute approximate surface area is 148 Å². The predicted molar refractivity (Wildman–Crippen MR) is 97.4 cm³/mol. The minimum atomic E-state index is -0.265. The van der Waals surface area contributed by atoms with Crippen molar-refractivity contribution in [2.45, 2.75) is 25.8 Å². The van der Waals surface area contributed by atoms with E-state index in [4.69, 9.17) is 0 Å². The van der Waals surface area contributed by atoms with E-state index in [1.54, 1.807) is 31.5 Å². The number of hydrogen-bond donors (Lipinski definition) is 2. The molecular formula is C18H25N5O2. The van der Waals surface area contributed by atoms with Crippen molar-refractivity contribution in [3.8, 4) is 0 Å². The number of aryl methyl sites for hydroxylation is 1. The normalized spacial score (nSPS) is 11.6. The molecule has 1 aromatic carbocycles. The van der Waals surface area contributed by atoms with Crippen molar-refractivity contribution in [1.29, 1.82) is 0 Å². The van der Waals surface area contributed by atoms with Gasteiger partial charge in [-0.25, -0.2) is 9.78 Å². The number of benzene rings is 1. The minimum Gasteiger partial charge on any atom is -0.349 e. The third-order valence-electron chi connectivity index (χ3n) is 3.96. The molecule has 25 heavy (non-hydrogen) atoms. The third-order valence-corrected chi connectivity index (χ3v) is 3.96. The zero-order valence-corrected chi connectivity index (χ0v) is 14.9. The molecule has 2 aromatic rings. The van der Waals surface area contributed by atoms with E-state index in [-0.39, 0.29) is 18.0 Å². The van der Waals surface area contributed by atoms with E-state index >= 15 is 0 Å². The van der Waals surface area contributed by atoms with Crippen LogP contribution in [0.3, 0.4) is 0 Å². The fourth-order valence-electron chi connectivity index (χ4n) is 2.37. The van der Waals surface area contributed by atoms with Crippen LogP contribution < -0.4 is 10.6 Å². The van der Waals surface area contributed by atoms with Crippen LogP contribution in [0.15, 0.2) is 43.0 Å². The van der Waals surface area contributed by atoms with E-state index in [0.717, 1.165) is 11.3 Å². The first kappa shape index (κ1) is 18.5. The van der Waals surface area contributed by atoms with Crippen LogP contribution >= 0.6 is 0 Å². The molecule has 2 rings (SSSR count). The zero-order valence-electron chi connectivity index (χ0n) is 14.9. The van der Waals surface area contributed by atoms with Gasteiger partial charge in [-0.1, -0.05) is 18.2 Å². The number of amides is 3. The summed E-state index contributed by atoms with van der Waals surface area (Å²) in [6, 6.07) is 7.38. The second-order valence-electron chi connectivity index (χ2n) is 6.14. The fraction of sp³-hybridized carbons (Fsp3) is 0.389. The van der Waals surface area contributed by atoms with E-state index in [1.165, 1.54) is 0 Å². The average molecular weight is 343 g/mol. The second kappa shape index (κ2) is 8.86. The van der Waals surface area contributed by atoms with Gasteiger partial charge in [0, 0.05) is 51.2 Å². The molecule has 0 aliphatic heterocycles. The van der Waals surface area contributed by atoms with Crippen molar-refractivity contribution >= 4 is 17.6 Å². The maximum Gasteiger partial charge on any atom is 0.319 e. The van der Waals surface area contributed by atoms with Crippen molar-refractivity contribution < 1.29 is 9.59 Å². The molecule has 1 aromatic heterocycles. The van der Waals surface area contributed by atoms with Crippen LogP contribution in [-0.4, -0.2) is 47.0 Å². The largest absolute Gasteiger partial charge is 0.349 e. The van der Waals surface area contributed by atoms with E-state index < -0.39 is 0 Å². The molecular weight excluding hydrogens is 318 g/mol. The van der Waals surface area contributed by atoms with Gasteiger partial charge in [-0.3, -0.25) is 4.79 Å². The molecule has 2 N–H and O–H groups in total. The Morgan fingerprint density at radius 2 is 2.04 bits per heavy atom. The molecule has 7 nitrogen and oxygen atoms in total. The molecule has 0 saturated carbocycles. The number of nitrogens with zero attached hydrogens (tertiary/aromatic N) is 3. The highest BCUT2D eigenvalue weighted by Crippen LogP contribution is 2.17. The van der Waals surface area contributed by atoms with Gasteiger partial charge in [-0.2, -0.15) is 0 Å². The van der Waals surface area contributed by atoms with Crippen molar-refractivity contribution in [2.75, 3.05) is 26.0 Å². The van der Waals surface area contributed by atoms with Gasteiger partial charge < -0.3 is 20.1 Å². The number of carbonyl (C=O) groups excluding carboxylic acids is 2. The molecule has 0 unspecified atom stereocenters. The lowest BCUT2D eigenvalue weighted by Gasteiger charge is -2.16. The number of aromatic nitrogens is 2. The lowest BCUT2D eigenvalue weighted by molar-refractivity contribution is -0.128. The summed E-state index contributed by atoms with van der Waals surface area (Å²) in [6.45, 7) is 2.49. The highest BCUT2D eigenvalue weighted by atomic mass is 16.2. The van der Waals surface area contributed by atoms with E-state index in [9.17, 15) is 9.59 Å². The summed E-state index contributed by atoms with van der Waals surface area (Å²) in [5, 5.41) is 5.72. The molecule has 0 saturated heterocycles. The molecule has 0 spiro atoms. The van der Waals surface area contributed by atoms with Crippen LogP contribution in [0, 0.1) is 0 Å². The van der Waals surface area contributed by atoms with Crippen LogP contribution in [0.2, 0.25) is 0 Å². The van der Waals surface area contributed by atoms with Gasteiger partial charge >= 0.3 is 6.03 Å². The molecule has 0 fully saturated rings. The predicted octanol–water partition coefficient (Wildman–Crippen LogP) is 2.29. The Bertz CT molecular complexity index is 697. The molecule has 0 aliphatic carbocycles. The molecule has 7 heteroatoms. The highest BCUT2D eigenvalue weighted by Gasteiger charge is 2.11. The van der Waals surface area contributed by atoms with Crippen LogP contribution in [-0.2, 0) is 11.2 Å². The number of imidazole rings is 1. The summed E-state index contributed by atoms with van der Waals surface area (Å²) in [5.74, 6) is 0.0633. The first-order valence-electron chi connectivity index (χ1n) is 8.27. The Morgan fingerprint density at radius 1 is 1.28 bits per heavy atom. The quantitative estimate of drug-likeness (QED) is 0.809. The molecule has 3 amide bonds. The summed E-state index contributed by atoms with van der Waals surface area (Å²) in [5.41, 5.74) is 1.66. The Balaban J connectivity index is 1.88. The summed E-state index contributed by atoms with van der Waals surface area (Å²) in [4.78, 5) is 29.5. The maximum absolute atomic E-state index is 12.2. The lowest BCUT2D eigenvalue weighted by atomic mass is 10.1. The maximum atomic E-state index is 12.2. The lowest BCUT2D eigenvalue weighted by Crippen LogP contribution is -2.33. The van der Waals surface area contributed by atoms with E-state index in [0.29, 0.717) is 19.4 Å². The second-order valence-corrected chi connectivity index (χ2v) is 6.14. The first-order valence-corrected chi connectivity index (χ1v) is 8.27. The molecule has 1 heterocycles. The fourth-order valence-corrected chi connectivity index (χ4v) is 2.37. The van der Waals surface area contributed by atoms with Gasteiger partial charge in [0.1, 0.15) is 0 Å². The summed E-state index contributed by atoms with van der Waals surface area (Å²) < 4.78 is 1.93. The standard InChI is InChI=1S/C18H25N5O2/c1-14(23-11-10-19-13-23)12-20-18(25)21-16-7-5-4-6-15(16)8-9-17(24)22(2)3/h4-7,10-11,13-14H,8-9,12H2,1-3H3,(H2,20,21,25)/t14-/m0/s1. The first-order chi connectivity index (χ1) is 12.0. The number of hydrogen-bond acceptors (Lipinski definition) is 3. The Hall–Kier alpha value is -2.83. The number of carbonyl (C=O) groups is 2. The number of urea groups is 1. The third kappa shape index (κ3) is 5.63. The number of para-hydroxylation sites is 1. The van der Waals surface area contributed by atoms with Gasteiger partial charge in [0.2, 0.25) is 5.91 Å². The Morgan fingerprint density at radius 3 is 2.72 bits per heavy atom. The zero-order chi connectivity index (χ0) is 18.2. The van der Waals surface area contributed by atoms with Crippen molar-refractivity contribution in [3.63, 3.8) is 0 Å². The Kier molecular flexibility index (Phi) is 6.56.